The lowest BCUT2D eigenvalue weighted by Crippen LogP contribution is -2.34. The second-order valence-electron chi connectivity index (χ2n) is 8.24. The number of nitrogens with one attached hydrogen (secondary N) is 1. The number of hydrogen-bond acceptors (Lipinski definition) is 8. The predicted octanol–water partition coefficient (Wildman–Crippen LogP) is 1.19. The van der Waals surface area contributed by atoms with E-state index in [-0.39, 0.29) is 19.0 Å². The minimum Gasteiger partial charge on any atom is -0.454 e. The van der Waals surface area contributed by atoms with Gasteiger partial charge in [0.05, 0.1) is 30.1 Å². The molecule has 9 heteroatoms. The molecule has 2 atom stereocenters. The standard InChI is InChI=1S/C23H23N3O6/c1-2-24-4-3-11-12-6-18-19(32-10-31-18)7-16(12)25-20-14(11)8-26-17(20)5-13-15(22(26)28)9-30-23(29)21(13)27/h5-7,21,23-24,27,29H,2-4,8-10H2,1H3/t21-,23?/m0/s1. The molecule has 166 valence electrons. The van der Waals surface area contributed by atoms with Crippen molar-refractivity contribution in [3.05, 3.63) is 50.8 Å². The quantitative estimate of drug-likeness (QED) is 0.408. The molecule has 1 aromatic carbocycles. The second-order valence-corrected chi connectivity index (χ2v) is 8.24. The van der Waals surface area contributed by atoms with Crippen LogP contribution in [0.25, 0.3) is 22.3 Å². The molecule has 0 bridgehead atoms. The SMILES string of the molecule is CCNCCc1c2c(nc3cc4c(cc13)OCO4)-c1cc3c(c(=O)n1C2)COC(O)[C@H]3O. The minimum absolute atomic E-state index is 0.0346. The Labute approximate surface area is 183 Å². The summed E-state index contributed by atoms with van der Waals surface area (Å²) in [5, 5.41) is 24.7. The Hall–Kier alpha value is -2.98. The fraction of sp³-hybridized carbons (Fsp3) is 0.391. The number of benzene rings is 1. The number of ether oxygens (including phenoxy) is 3. The zero-order valence-corrected chi connectivity index (χ0v) is 17.6. The van der Waals surface area contributed by atoms with Gasteiger partial charge in [0.2, 0.25) is 6.79 Å². The van der Waals surface area contributed by atoms with E-state index in [1.54, 1.807) is 10.6 Å². The van der Waals surface area contributed by atoms with Crippen LogP contribution in [0.2, 0.25) is 0 Å². The highest BCUT2D eigenvalue weighted by Crippen LogP contribution is 2.42. The highest BCUT2D eigenvalue weighted by Gasteiger charge is 2.34. The van der Waals surface area contributed by atoms with Crippen LogP contribution in [0, 0.1) is 0 Å². The number of pyridine rings is 2. The molecule has 0 amide bonds. The zero-order valence-electron chi connectivity index (χ0n) is 17.6. The van der Waals surface area contributed by atoms with Crippen molar-refractivity contribution in [3.8, 4) is 22.9 Å². The second kappa shape index (κ2) is 7.28. The van der Waals surface area contributed by atoms with E-state index < -0.39 is 12.4 Å². The molecule has 3 N–H and O–H groups in total. The predicted molar refractivity (Wildman–Crippen MR) is 115 cm³/mol. The smallest absolute Gasteiger partial charge is 0.257 e. The molecule has 3 aliphatic rings. The number of likely N-dealkylation sites (N-methyl/N-ethyl adjacent to an activating group) is 1. The molecular formula is C23H23N3O6. The molecule has 0 saturated carbocycles. The molecule has 5 heterocycles. The first-order chi connectivity index (χ1) is 15.6. The molecule has 2 aromatic heterocycles. The maximum Gasteiger partial charge on any atom is 0.257 e. The van der Waals surface area contributed by atoms with Crippen molar-refractivity contribution < 1.29 is 24.4 Å². The Morgan fingerprint density at radius 3 is 2.81 bits per heavy atom. The number of aromatic nitrogens is 2. The van der Waals surface area contributed by atoms with Crippen LogP contribution in [0.15, 0.2) is 23.0 Å². The van der Waals surface area contributed by atoms with E-state index in [2.05, 4.69) is 12.2 Å². The molecule has 9 nitrogen and oxygen atoms in total. The zero-order chi connectivity index (χ0) is 22.0. The molecule has 1 unspecified atom stereocenters. The summed E-state index contributed by atoms with van der Waals surface area (Å²) in [7, 11) is 0. The van der Waals surface area contributed by atoms with Gasteiger partial charge >= 0.3 is 0 Å². The average Bonchev–Trinajstić information content (AvgIpc) is 3.39. The molecule has 3 aromatic rings. The fourth-order valence-corrected chi connectivity index (χ4v) is 4.86. The van der Waals surface area contributed by atoms with Crippen LogP contribution in [0.4, 0.5) is 0 Å². The van der Waals surface area contributed by atoms with E-state index in [0.717, 1.165) is 47.2 Å². The van der Waals surface area contributed by atoms with Gasteiger partial charge in [0.1, 0.15) is 6.10 Å². The van der Waals surface area contributed by atoms with Crippen LogP contribution >= 0.6 is 0 Å². The molecule has 6 rings (SSSR count). The molecule has 0 spiro atoms. The maximum absolute atomic E-state index is 13.3. The first-order valence-corrected chi connectivity index (χ1v) is 10.8. The summed E-state index contributed by atoms with van der Waals surface area (Å²) < 4.78 is 18.0. The number of nitrogens with zero attached hydrogens (tertiary/aromatic N) is 2. The summed E-state index contributed by atoms with van der Waals surface area (Å²) in [5.41, 5.74) is 4.77. The van der Waals surface area contributed by atoms with Gasteiger partial charge in [0.25, 0.3) is 5.56 Å². The van der Waals surface area contributed by atoms with Crippen molar-refractivity contribution in [1.29, 1.82) is 0 Å². The molecular weight excluding hydrogens is 414 g/mol. The van der Waals surface area contributed by atoms with E-state index in [0.29, 0.717) is 34.9 Å². The summed E-state index contributed by atoms with van der Waals surface area (Å²) in [5.74, 6) is 1.35. The molecule has 32 heavy (non-hydrogen) atoms. The summed E-state index contributed by atoms with van der Waals surface area (Å²) in [6.07, 6.45) is -1.86. The van der Waals surface area contributed by atoms with Crippen molar-refractivity contribution in [2.75, 3.05) is 19.9 Å². The third-order valence-corrected chi connectivity index (χ3v) is 6.48. The highest BCUT2D eigenvalue weighted by atomic mass is 16.7. The van der Waals surface area contributed by atoms with Gasteiger partial charge in [-0.25, -0.2) is 4.98 Å². The lowest BCUT2D eigenvalue weighted by Gasteiger charge is -2.26. The van der Waals surface area contributed by atoms with Crippen LogP contribution in [-0.4, -0.2) is 45.9 Å². The van der Waals surface area contributed by atoms with Crippen LogP contribution in [-0.2, 0) is 24.3 Å². The van der Waals surface area contributed by atoms with Crippen molar-refractivity contribution in [1.82, 2.24) is 14.9 Å². The normalized spacial score (nSPS) is 20.3. The van der Waals surface area contributed by atoms with Crippen LogP contribution < -0.4 is 20.3 Å². The maximum atomic E-state index is 13.3. The molecule has 0 radical (unpaired) electrons. The molecule has 0 aliphatic carbocycles. The van der Waals surface area contributed by atoms with Crippen molar-refractivity contribution in [2.24, 2.45) is 0 Å². The van der Waals surface area contributed by atoms with E-state index in [4.69, 9.17) is 19.2 Å². The Morgan fingerprint density at radius 1 is 1.19 bits per heavy atom. The van der Waals surface area contributed by atoms with Gasteiger partial charge in [0, 0.05) is 22.6 Å². The Morgan fingerprint density at radius 2 is 2.00 bits per heavy atom. The van der Waals surface area contributed by atoms with Gasteiger partial charge < -0.3 is 34.3 Å². The number of rotatable bonds is 4. The van der Waals surface area contributed by atoms with E-state index in [9.17, 15) is 15.0 Å². The van der Waals surface area contributed by atoms with E-state index in [1.807, 2.05) is 12.1 Å². The fourth-order valence-electron chi connectivity index (χ4n) is 4.86. The molecule has 0 fully saturated rings. The Bertz CT molecular complexity index is 1320. The average molecular weight is 437 g/mol. The van der Waals surface area contributed by atoms with Gasteiger partial charge in [0.15, 0.2) is 17.8 Å². The Kier molecular flexibility index (Phi) is 4.48. The molecule has 3 aliphatic heterocycles. The highest BCUT2D eigenvalue weighted by molar-refractivity contribution is 5.90. The van der Waals surface area contributed by atoms with Gasteiger partial charge in [-0.2, -0.15) is 0 Å². The lowest BCUT2D eigenvalue weighted by atomic mass is 9.96. The molecule has 0 saturated heterocycles. The first-order valence-electron chi connectivity index (χ1n) is 10.8. The van der Waals surface area contributed by atoms with Crippen molar-refractivity contribution in [3.63, 3.8) is 0 Å². The van der Waals surface area contributed by atoms with Crippen LogP contribution in [0.5, 0.6) is 11.5 Å². The van der Waals surface area contributed by atoms with Gasteiger partial charge in [-0.15, -0.1) is 0 Å². The number of fused-ring (bicyclic) bond motifs is 6. The third kappa shape index (κ3) is 2.79. The van der Waals surface area contributed by atoms with Gasteiger partial charge in [-0.1, -0.05) is 6.92 Å². The summed E-state index contributed by atoms with van der Waals surface area (Å²) in [6.45, 7) is 4.27. The van der Waals surface area contributed by atoms with E-state index >= 15 is 0 Å². The van der Waals surface area contributed by atoms with Crippen LogP contribution in [0.1, 0.15) is 35.3 Å². The van der Waals surface area contributed by atoms with E-state index in [1.165, 1.54) is 0 Å². The number of hydrogen-bond donors (Lipinski definition) is 3. The van der Waals surface area contributed by atoms with Gasteiger partial charge in [-0.05, 0) is 42.8 Å². The summed E-state index contributed by atoms with van der Waals surface area (Å²) in [6, 6.07) is 5.61. The lowest BCUT2D eigenvalue weighted by molar-refractivity contribution is -0.181. The first kappa shape index (κ1) is 19.7. The minimum atomic E-state index is -1.36. The topological polar surface area (TPSA) is 115 Å². The number of aliphatic hydroxyl groups is 2. The Balaban J connectivity index is 1.58. The monoisotopic (exact) mass is 437 g/mol. The number of aliphatic hydroxyl groups excluding tert-OH is 2. The van der Waals surface area contributed by atoms with Crippen LogP contribution in [0.3, 0.4) is 0 Å². The summed E-state index contributed by atoms with van der Waals surface area (Å²) >= 11 is 0. The largest absolute Gasteiger partial charge is 0.454 e. The summed E-state index contributed by atoms with van der Waals surface area (Å²) in [4.78, 5) is 18.2. The third-order valence-electron chi connectivity index (χ3n) is 6.48. The van der Waals surface area contributed by atoms with Crippen molar-refractivity contribution >= 4 is 10.9 Å². The van der Waals surface area contributed by atoms with Gasteiger partial charge in [-0.3, -0.25) is 4.79 Å². The van der Waals surface area contributed by atoms with Crippen molar-refractivity contribution in [2.45, 2.75) is 38.9 Å².